The number of hydrogen-bond donors (Lipinski definition) is 1. The number of carbonyl (C=O) groups is 1. The maximum atomic E-state index is 12.2. The average Bonchev–Trinajstić information content (AvgIpc) is 3.41. The molecule has 210 valence electrons. The molecule has 0 spiro atoms. The number of benzene rings is 2. The molecule has 2 fully saturated rings. The number of nitrogens with zero attached hydrogens (tertiary/aromatic N) is 6. The fourth-order valence-electron chi connectivity index (χ4n) is 6.49. The molecule has 0 radical (unpaired) electrons. The molecule has 1 unspecified atom stereocenters. The molecule has 2 aromatic carbocycles. The molecule has 0 saturated carbocycles. The number of phenolic OH excluding ortho intramolecular Hbond substituents is 1. The SMILES string of the molecule is C=CC(=O)N1CCN(c2nc(OC(C)[C@H]3CCCN3C)nc3c2CCN(c2cc(O)cc4ccccc24)C3)CC1. The van der Waals surface area contributed by atoms with Gasteiger partial charge in [-0.05, 0) is 57.3 Å². The van der Waals surface area contributed by atoms with E-state index in [0.717, 1.165) is 59.5 Å². The second-order valence-corrected chi connectivity index (χ2v) is 11.1. The number of amides is 1. The van der Waals surface area contributed by atoms with Crippen LogP contribution in [0, 0.1) is 0 Å². The van der Waals surface area contributed by atoms with Crippen LogP contribution in [-0.2, 0) is 17.8 Å². The van der Waals surface area contributed by atoms with Gasteiger partial charge in [-0.25, -0.2) is 0 Å². The van der Waals surface area contributed by atoms with Crippen molar-refractivity contribution >= 4 is 28.2 Å². The summed E-state index contributed by atoms with van der Waals surface area (Å²) in [6.07, 6.45) is 4.41. The topological polar surface area (TPSA) is 85.3 Å². The van der Waals surface area contributed by atoms with Crippen LogP contribution >= 0.6 is 0 Å². The van der Waals surface area contributed by atoms with Crippen molar-refractivity contribution in [2.24, 2.45) is 0 Å². The minimum atomic E-state index is -0.0323. The molecular weight excluding hydrogens is 504 g/mol. The van der Waals surface area contributed by atoms with E-state index in [2.05, 4.69) is 41.3 Å². The molecule has 1 aromatic heterocycles. The summed E-state index contributed by atoms with van der Waals surface area (Å²) in [5.41, 5.74) is 3.10. The van der Waals surface area contributed by atoms with Gasteiger partial charge in [-0.1, -0.05) is 30.8 Å². The van der Waals surface area contributed by atoms with Gasteiger partial charge in [0, 0.05) is 61.5 Å². The highest BCUT2D eigenvalue weighted by Gasteiger charge is 2.32. The van der Waals surface area contributed by atoms with Crippen molar-refractivity contribution in [3.8, 4) is 11.8 Å². The van der Waals surface area contributed by atoms with E-state index in [1.807, 2.05) is 29.2 Å². The van der Waals surface area contributed by atoms with Crippen LogP contribution in [-0.4, -0.2) is 89.2 Å². The normalized spacial score (nSPS) is 20.4. The smallest absolute Gasteiger partial charge is 0.318 e. The van der Waals surface area contributed by atoms with Gasteiger partial charge in [0.15, 0.2) is 0 Å². The number of carbonyl (C=O) groups excluding carboxylic acids is 1. The molecule has 0 bridgehead atoms. The molecule has 1 amide bonds. The number of likely N-dealkylation sites (N-methyl/N-ethyl adjacent to an activating group) is 1. The van der Waals surface area contributed by atoms with Crippen LogP contribution in [0.5, 0.6) is 11.8 Å². The Morgan fingerprint density at radius 1 is 1.10 bits per heavy atom. The van der Waals surface area contributed by atoms with Gasteiger partial charge >= 0.3 is 6.01 Å². The van der Waals surface area contributed by atoms with Gasteiger partial charge in [0.1, 0.15) is 17.7 Å². The lowest BCUT2D eigenvalue weighted by molar-refractivity contribution is -0.126. The third-order valence-electron chi connectivity index (χ3n) is 8.66. The predicted molar refractivity (Wildman–Crippen MR) is 157 cm³/mol. The maximum Gasteiger partial charge on any atom is 0.318 e. The predicted octanol–water partition coefficient (Wildman–Crippen LogP) is 3.59. The van der Waals surface area contributed by atoms with Crippen molar-refractivity contribution in [2.45, 2.75) is 44.9 Å². The Hall–Kier alpha value is -3.85. The first kappa shape index (κ1) is 26.4. The Bertz CT molecular complexity index is 1420. The number of rotatable bonds is 6. The molecular formula is C31H38N6O3. The number of hydrogen-bond acceptors (Lipinski definition) is 8. The van der Waals surface area contributed by atoms with Crippen LogP contribution < -0.4 is 14.5 Å². The van der Waals surface area contributed by atoms with E-state index in [-0.39, 0.29) is 17.8 Å². The zero-order valence-corrected chi connectivity index (χ0v) is 23.4. The van der Waals surface area contributed by atoms with Crippen molar-refractivity contribution < 1.29 is 14.6 Å². The Morgan fingerprint density at radius 3 is 2.65 bits per heavy atom. The number of likely N-dealkylation sites (tertiary alicyclic amines) is 1. The highest BCUT2D eigenvalue weighted by molar-refractivity contribution is 5.95. The van der Waals surface area contributed by atoms with Crippen molar-refractivity contribution in [1.82, 2.24) is 19.8 Å². The highest BCUT2D eigenvalue weighted by Crippen LogP contribution is 2.36. The van der Waals surface area contributed by atoms with Crippen molar-refractivity contribution in [2.75, 3.05) is 56.1 Å². The van der Waals surface area contributed by atoms with Gasteiger partial charge < -0.3 is 24.5 Å². The number of fused-ring (bicyclic) bond motifs is 2. The molecule has 1 N–H and O–H groups in total. The second kappa shape index (κ2) is 11.0. The molecule has 3 aromatic rings. The number of aromatic nitrogens is 2. The summed E-state index contributed by atoms with van der Waals surface area (Å²) in [4.78, 5) is 30.9. The molecule has 0 aliphatic carbocycles. The lowest BCUT2D eigenvalue weighted by Crippen LogP contribution is -2.49. The number of aromatic hydroxyl groups is 1. The number of anilines is 2. The van der Waals surface area contributed by atoms with E-state index < -0.39 is 0 Å². The summed E-state index contributed by atoms with van der Waals surface area (Å²) < 4.78 is 6.45. The number of ether oxygens (including phenoxy) is 1. The van der Waals surface area contributed by atoms with Crippen LogP contribution in [0.4, 0.5) is 11.5 Å². The quantitative estimate of drug-likeness (QED) is 0.473. The lowest BCUT2D eigenvalue weighted by atomic mass is 10.0. The molecule has 2 saturated heterocycles. The summed E-state index contributed by atoms with van der Waals surface area (Å²) in [7, 11) is 2.15. The van der Waals surface area contributed by atoms with E-state index in [1.54, 1.807) is 6.07 Å². The molecule has 9 nitrogen and oxygen atoms in total. The Morgan fingerprint density at radius 2 is 1.90 bits per heavy atom. The standard InChI is InChI=1S/C31H38N6O3/c1-4-29(39)35-14-16-36(17-15-35)30-25-11-13-37(28-19-23(38)18-22-8-5-6-9-24(22)28)20-26(25)32-31(33-30)40-21(2)27-10-7-12-34(27)3/h4-6,8-9,18-19,21,27,38H,1,7,10-17,20H2,2-3H3/t21?,27-/m1/s1. The van der Waals surface area contributed by atoms with Crippen molar-refractivity contribution in [1.29, 1.82) is 0 Å². The fraction of sp³-hybridized carbons (Fsp3) is 0.452. The molecule has 9 heteroatoms. The van der Waals surface area contributed by atoms with E-state index >= 15 is 0 Å². The van der Waals surface area contributed by atoms with Crippen LogP contribution in [0.3, 0.4) is 0 Å². The van der Waals surface area contributed by atoms with Crippen LogP contribution in [0.1, 0.15) is 31.0 Å². The van der Waals surface area contributed by atoms with Crippen LogP contribution in [0.25, 0.3) is 10.8 Å². The van der Waals surface area contributed by atoms with Gasteiger partial charge in [-0.2, -0.15) is 9.97 Å². The van der Waals surface area contributed by atoms with E-state index in [4.69, 9.17) is 14.7 Å². The third-order valence-corrected chi connectivity index (χ3v) is 8.66. The van der Waals surface area contributed by atoms with Gasteiger partial charge in [0.2, 0.25) is 5.91 Å². The fourth-order valence-corrected chi connectivity index (χ4v) is 6.49. The van der Waals surface area contributed by atoms with Crippen LogP contribution in [0.15, 0.2) is 49.1 Å². The molecule has 2 atom stereocenters. The summed E-state index contributed by atoms with van der Waals surface area (Å²) in [5, 5.41) is 12.6. The van der Waals surface area contributed by atoms with Gasteiger partial charge in [-0.3, -0.25) is 9.69 Å². The third kappa shape index (κ3) is 5.06. The van der Waals surface area contributed by atoms with Gasteiger partial charge in [0.05, 0.1) is 12.2 Å². The molecule has 6 rings (SSSR count). The Labute approximate surface area is 235 Å². The molecule has 4 heterocycles. The second-order valence-electron chi connectivity index (χ2n) is 11.1. The first-order valence-corrected chi connectivity index (χ1v) is 14.3. The van der Waals surface area contributed by atoms with Gasteiger partial charge in [0.25, 0.3) is 0 Å². The maximum absolute atomic E-state index is 12.2. The van der Waals surface area contributed by atoms with Crippen molar-refractivity contribution in [3.63, 3.8) is 0 Å². The molecule has 40 heavy (non-hydrogen) atoms. The van der Waals surface area contributed by atoms with Gasteiger partial charge in [-0.15, -0.1) is 0 Å². The number of piperazine rings is 1. The Kier molecular flexibility index (Phi) is 7.23. The van der Waals surface area contributed by atoms with Crippen LogP contribution in [0.2, 0.25) is 0 Å². The van der Waals surface area contributed by atoms with E-state index in [1.165, 1.54) is 12.5 Å². The van der Waals surface area contributed by atoms with Crippen molar-refractivity contribution in [3.05, 3.63) is 60.3 Å². The minimum Gasteiger partial charge on any atom is -0.508 e. The van der Waals surface area contributed by atoms with E-state index in [0.29, 0.717) is 44.8 Å². The summed E-state index contributed by atoms with van der Waals surface area (Å²) in [6, 6.07) is 12.6. The van der Waals surface area contributed by atoms with E-state index in [9.17, 15) is 9.90 Å². The first-order chi connectivity index (χ1) is 19.4. The zero-order chi connectivity index (χ0) is 27.8. The highest BCUT2D eigenvalue weighted by atomic mass is 16.5. The average molecular weight is 543 g/mol. The largest absolute Gasteiger partial charge is 0.508 e. The monoisotopic (exact) mass is 542 g/mol. The summed E-state index contributed by atoms with van der Waals surface area (Å²) >= 11 is 0. The molecule has 3 aliphatic rings. The number of phenols is 1. The first-order valence-electron chi connectivity index (χ1n) is 14.3. The Balaban J connectivity index is 1.33. The summed E-state index contributed by atoms with van der Waals surface area (Å²) in [6.45, 7) is 10.9. The summed E-state index contributed by atoms with van der Waals surface area (Å²) in [5.74, 6) is 1.14. The lowest BCUT2D eigenvalue weighted by Gasteiger charge is -2.38. The molecule has 3 aliphatic heterocycles. The zero-order valence-electron chi connectivity index (χ0n) is 23.4. The minimum absolute atomic E-state index is 0.0307.